The fraction of sp³-hybridized carbons (Fsp3) is 0.762. The van der Waals surface area contributed by atoms with Crippen LogP contribution in [0.25, 0.3) is 0 Å². The lowest BCUT2D eigenvalue weighted by atomic mass is 10.0. The minimum Gasteiger partial charge on any atom is -0.463 e. The minimum absolute atomic E-state index is 0.0539. The Morgan fingerprint density at radius 1 is 0.914 bits per heavy atom. The fourth-order valence-electron chi connectivity index (χ4n) is 2.66. The van der Waals surface area contributed by atoms with E-state index in [-0.39, 0.29) is 19.4 Å². The molecule has 0 aromatic heterocycles. The van der Waals surface area contributed by atoms with Gasteiger partial charge in [-0.15, -0.1) is 0 Å². The molecule has 1 atom stereocenters. The molecular weight excluding hydrogens is 488 g/mol. The zero-order valence-corrected chi connectivity index (χ0v) is 21.3. The third kappa shape index (κ3) is 12.6. The van der Waals surface area contributed by atoms with Crippen molar-refractivity contribution >= 4 is 41.1 Å². The SMILES string of the molecule is CCC(=O)OCOC(=O)N[C@@H](C(=O)OCCN1CCOCC1)C(C)(C)SC(=O)OCOC(=O)CC. The normalized spacial score (nSPS) is 14.9. The molecule has 1 heterocycles. The lowest BCUT2D eigenvalue weighted by Crippen LogP contribution is -2.54. The van der Waals surface area contributed by atoms with Crippen LogP contribution in [0.5, 0.6) is 0 Å². The number of nitrogens with zero attached hydrogens (tertiary/aromatic N) is 1. The smallest absolute Gasteiger partial charge is 0.410 e. The number of amides is 1. The molecule has 1 saturated heterocycles. The van der Waals surface area contributed by atoms with E-state index in [0.29, 0.717) is 44.6 Å². The molecule has 1 rings (SSSR count). The molecule has 0 aliphatic carbocycles. The summed E-state index contributed by atoms with van der Waals surface area (Å²) in [6.45, 7) is 8.09. The molecule has 1 aliphatic rings. The van der Waals surface area contributed by atoms with Gasteiger partial charge < -0.3 is 33.7 Å². The van der Waals surface area contributed by atoms with E-state index in [0.717, 1.165) is 0 Å². The summed E-state index contributed by atoms with van der Waals surface area (Å²) in [5.41, 5.74) is 0. The van der Waals surface area contributed by atoms with Gasteiger partial charge in [0.05, 0.1) is 18.0 Å². The number of alkyl carbamates (subject to hydrolysis) is 1. The first-order valence-corrected chi connectivity index (χ1v) is 12.0. The average molecular weight is 523 g/mol. The summed E-state index contributed by atoms with van der Waals surface area (Å²) >= 11 is 0.598. The number of carbonyl (C=O) groups excluding carboxylic acids is 5. The molecule has 1 amide bonds. The molecule has 200 valence electrons. The number of thioether (sulfide) groups is 1. The van der Waals surface area contributed by atoms with Gasteiger partial charge in [-0.2, -0.15) is 0 Å². The van der Waals surface area contributed by atoms with Crippen LogP contribution in [0.15, 0.2) is 0 Å². The molecule has 0 aromatic rings. The van der Waals surface area contributed by atoms with Gasteiger partial charge in [0, 0.05) is 32.5 Å². The van der Waals surface area contributed by atoms with Gasteiger partial charge in [-0.3, -0.25) is 14.5 Å². The summed E-state index contributed by atoms with van der Waals surface area (Å²) in [4.78, 5) is 61.7. The van der Waals surface area contributed by atoms with Gasteiger partial charge >= 0.3 is 29.3 Å². The maximum atomic E-state index is 12.9. The van der Waals surface area contributed by atoms with E-state index in [2.05, 4.69) is 15.0 Å². The van der Waals surface area contributed by atoms with Gasteiger partial charge in [0.25, 0.3) is 0 Å². The molecule has 0 aromatic carbocycles. The van der Waals surface area contributed by atoms with Gasteiger partial charge in [-0.05, 0) is 25.6 Å². The number of ether oxygens (including phenoxy) is 6. The number of morpholine rings is 1. The van der Waals surface area contributed by atoms with Crippen LogP contribution in [0.4, 0.5) is 9.59 Å². The van der Waals surface area contributed by atoms with Crippen LogP contribution in [0.2, 0.25) is 0 Å². The fourth-order valence-corrected chi connectivity index (χ4v) is 3.47. The Balaban J connectivity index is 2.73. The third-order valence-electron chi connectivity index (χ3n) is 4.68. The highest BCUT2D eigenvalue weighted by atomic mass is 32.2. The Kier molecular flexibility index (Phi) is 14.1. The van der Waals surface area contributed by atoms with Crippen molar-refractivity contribution in [1.29, 1.82) is 0 Å². The van der Waals surface area contributed by atoms with Crippen molar-refractivity contribution in [1.82, 2.24) is 10.2 Å². The van der Waals surface area contributed by atoms with E-state index in [4.69, 9.17) is 23.7 Å². The number of carbonyl (C=O) groups is 5. The zero-order valence-electron chi connectivity index (χ0n) is 20.5. The summed E-state index contributed by atoms with van der Waals surface area (Å²) in [6.07, 6.45) is -0.834. The topological polar surface area (TPSA) is 156 Å². The Morgan fingerprint density at radius 3 is 2.06 bits per heavy atom. The Hall–Kier alpha value is -2.58. The second-order valence-electron chi connectivity index (χ2n) is 7.71. The van der Waals surface area contributed by atoms with Crippen molar-refractivity contribution in [3.63, 3.8) is 0 Å². The number of hydrogen-bond donors (Lipinski definition) is 1. The first-order chi connectivity index (χ1) is 16.6. The van der Waals surface area contributed by atoms with E-state index in [1.165, 1.54) is 13.8 Å². The van der Waals surface area contributed by atoms with Gasteiger partial charge in [0.2, 0.25) is 13.6 Å². The van der Waals surface area contributed by atoms with Crippen molar-refractivity contribution in [2.75, 3.05) is 53.0 Å². The average Bonchev–Trinajstić information content (AvgIpc) is 2.82. The van der Waals surface area contributed by atoms with Crippen molar-refractivity contribution < 1.29 is 52.4 Å². The largest absolute Gasteiger partial charge is 0.463 e. The van der Waals surface area contributed by atoms with Crippen LogP contribution in [-0.2, 0) is 42.8 Å². The van der Waals surface area contributed by atoms with Crippen molar-refractivity contribution in [3.8, 4) is 0 Å². The minimum atomic E-state index is -1.34. The Bertz CT molecular complexity index is 726. The highest BCUT2D eigenvalue weighted by Gasteiger charge is 2.41. The first-order valence-electron chi connectivity index (χ1n) is 11.2. The molecule has 14 heteroatoms. The Morgan fingerprint density at radius 2 is 1.49 bits per heavy atom. The number of nitrogens with one attached hydrogen (secondary N) is 1. The van der Waals surface area contributed by atoms with Crippen molar-refractivity contribution in [2.45, 2.75) is 51.3 Å². The molecular formula is C21H34N2O11S. The number of esters is 3. The molecule has 0 radical (unpaired) electrons. The zero-order chi connectivity index (χ0) is 26.3. The van der Waals surface area contributed by atoms with E-state index in [1.807, 2.05) is 0 Å². The Labute approximate surface area is 208 Å². The molecule has 0 bridgehead atoms. The molecule has 1 fully saturated rings. The summed E-state index contributed by atoms with van der Waals surface area (Å²) in [6, 6.07) is -1.34. The molecule has 1 N–H and O–H groups in total. The standard InChI is InChI=1S/C21H34N2O11S/c1-5-15(24)31-13-33-19(27)22-17(18(26)30-12-9-23-7-10-29-11-8-23)21(3,4)35-20(28)34-14-32-16(25)6-2/h17H,5-14H2,1-4H3,(H,22,27)/t17-/m0/s1. The maximum Gasteiger partial charge on any atom is 0.410 e. The molecule has 13 nitrogen and oxygen atoms in total. The number of hydrogen-bond acceptors (Lipinski definition) is 13. The highest BCUT2D eigenvalue weighted by Crippen LogP contribution is 2.31. The molecule has 0 saturated carbocycles. The number of rotatable bonds is 13. The molecule has 35 heavy (non-hydrogen) atoms. The van der Waals surface area contributed by atoms with Gasteiger partial charge in [-0.1, -0.05) is 13.8 Å². The van der Waals surface area contributed by atoms with Crippen LogP contribution in [0, 0.1) is 0 Å². The van der Waals surface area contributed by atoms with Crippen LogP contribution >= 0.6 is 11.8 Å². The monoisotopic (exact) mass is 522 g/mol. The quantitative estimate of drug-likeness (QED) is 0.211. The molecule has 0 unspecified atom stereocenters. The lowest BCUT2D eigenvalue weighted by molar-refractivity contribution is -0.153. The first kappa shape index (κ1) is 30.5. The lowest BCUT2D eigenvalue weighted by Gasteiger charge is -2.31. The highest BCUT2D eigenvalue weighted by molar-refractivity contribution is 8.14. The second kappa shape index (κ2) is 16.2. The van der Waals surface area contributed by atoms with Crippen LogP contribution in [0.3, 0.4) is 0 Å². The van der Waals surface area contributed by atoms with Crippen LogP contribution in [0.1, 0.15) is 40.5 Å². The summed E-state index contributed by atoms with van der Waals surface area (Å²) in [5, 5.41) is 1.52. The van der Waals surface area contributed by atoms with Crippen LogP contribution in [-0.4, -0.2) is 98.0 Å². The predicted octanol–water partition coefficient (Wildman–Crippen LogP) is 1.43. The van der Waals surface area contributed by atoms with E-state index in [1.54, 1.807) is 13.8 Å². The van der Waals surface area contributed by atoms with Gasteiger partial charge in [0.15, 0.2) is 0 Å². The molecule has 0 spiro atoms. The predicted molar refractivity (Wildman–Crippen MR) is 122 cm³/mol. The van der Waals surface area contributed by atoms with E-state index >= 15 is 0 Å². The van der Waals surface area contributed by atoms with Gasteiger partial charge in [-0.25, -0.2) is 14.4 Å². The van der Waals surface area contributed by atoms with Crippen molar-refractivity contribution in [2.24, 2.45) is 0 Å². The van der Waals surface area contributed by atoms with E-state index in [9.17, 15) is 24.0 Å². The second-order valence-corrected chi connectivity index (χ2v) is 9.30. The summed E-state index contributed by atoms with van der Waals surface area (Å²) in [7, 11) is 0. The van der Waals surface area contributed by atoms with Gasteiger partial charge in [0.1, 0.15) is 12.6 Å². The van der Waals surface area contributed by atoms with E-state index < -0.39 is 53.7 Å². The maximum absolute atomic E-state index is 12.9. The summed E-state index contributed by atoms with van der Waals surface area (Å²) in [5.74, 6) is -1.92. The molecule has 1 aliphatic heterocycles. The van der Waals surface area contributed by atoms with Crippen molar-refractivity contribution in [3.05, 3.63) is 0 Å². The third-order valence-corrected chi connectivity index (χ3v) is 5.73. The van der Waals surface area contributed by atoms with Crippen LogP contribution < -0.4 is 5.32 Å². The summed E-state index contributed by atoms with van der Waals surface area (Å²) < 4.78 is 28.4.